The Morgan fingerprint density at radius 1 is 1.47 bits per heavy atom. The van der Waals surface area contributed by atoms with Gasteiger partial charge in [0.1, 0.15) is 5.82 Å². The van der Waals surface area contributed by atoms with E-state index in [1.54, 1.807) is 0 Å². The van der Waals surface area contributed by atoms with Gasteiger partial charge in [-0.15, -0.1) is 0 Å². The van der Waals surface area contributed by atoms with Crippen LogP contribution in [-0.2, 0) is 6.54 Å². The van der Waals surface area contributed by atoms with Crippen molar-refractivity contribution in [2.24, 2.45) is 5.73 Å². The second-order valence-electron chi connectivity index (χ2n) is 4.85. The number of aromatic nitrogens is 2. The Morgan fingerprint density at radius 2 is 2.35 bits per heavy atom. The molecule has 0 spiro atoms. The number of rotatable bonds is 2. The summed E-state index contributed by atoms with van der Waals surface area (Å²) in [5, 5.41) is 0. The minimum Gasteiger partial charge on any atom is -0.325 e. The van der Waals surface area contributed by atoms with E-state index >= 15 is 0 Å². The summed E-state index contributed by atoms with van der Waals surface area (Å²) in [5.41, 5.74) is 8.10. The van der Waals surface area contributed by atoms with E-state index < -0.39 is 0 Å². The molecule has 1 fully saturated rings. The van der Waals surface area contributed by atoms with Gasteiger partial charge in [0.05, 0.1) is 11.7 Å². The van der Waals surface area contributed by atoms with Crippen molar-refractivity contribution >= 4 is 5.52 Å². The van der Waals surface area contributed by atoms with E-state index in [1.807, 2.05) is 12.3 Å². The van der Waals surface area contributed by atoms with E-state index in [1.165, 1.54) is 12.2 Å². The molecule has 17 heavy (non-hydrogen) atoms. The molecule has 0 amide bonds. The molecule has 0 aliphatic carbocycles. The molecular formula is C13H18N4. The number of nitrogens with zero attached hydrogens (tertiary/aromatic N) is 3. The smallest absolute Gasteiger partial charge is 0.117 e. The van der Waals surface area contributed by atoms with E-state index in [-0.39, 0.29) is 0 Å². The minimum atomic E-state index is 0.537. The molecule has 0 bridgehead atoms. The van der Waals surface area contributed by atoms with Crippen molar-refractivity contribution in [3.05, 3.63) is 35.9 Å². The van der Waals surface area contributed by atoms with Crippen LogP contribution in [-0.4, -0.2) is 34.4 Å². The lowest BCUT2D eigenvalue weighted by atomic mass is 10.1. The third kappa shape index (κ3) is 1.73. The molecule has 0 aromatic carbocycles. The number of hydrogen-bond acceptors (Lipinski definition) is 3. The van der Waals surface area contributed by atoms with Crippen LogP contribution in [0.5, 0.6) is 0 Å². The second kappa shape index (κ2) is 4.13. The number of hydrogen-bond donors (Lipinski definition) is 1. The van der Waals surface area contributed by atoms with Gasteiger partial charge >= 0.3 is 0 Å². The van der Waals surface area contributed by atoms with Crippen molar-refractivity contribution in [3.63, 3.8) is 0 Å². The summed E-state index contributed by atoms with van der Waals surface area (Å²) < 4.78 is 2.23. The molecule has 2 aromatic rings. The first-order valence-electron chi connectivity index (χ1n) is 6.13. The zero-order chi connectivity index (χ0) is 11.8. The van der Waals surface area contributed by atoms with E-state index in [4.69, 9.17) is 5.73 Å². The summed E-state index contributed by atoms with van der Waals surface area (Å²) in [6, 6.07) is 6.22. The van der Waals surface area contributed by atoms with Crippen LogP contribution in [0, 0.1) is 0 Å². The number of nitrogens with two attached hydrogens (primary N) is 1. The fraction of sp³-hybridized carbons (Fsp3) is 0.462. The van der Waals surface area contributed by atoms with E-state index in [9.17, 15) is 0 Å². The fourth-order valence-corrected chi connectivity index (χ4v) is 2.74. The number of likely N-dealkylation sites (N-methyl/N-ethyl adjacent to an activating group) is 1. The van der Waals surface area contributed by atoms with Crippen LogP contribution in [0.4, 0.5) is 0 Å². The van der Waals surface area contributed by atoms with Crippen LogP contribution < -0.4 is 5.73 Å². The average molecular weight is 230 g/mol. The van der Waals surface area contributed by atoms with E-state index in [2.05, 4.69) is 33.5 Å². The quantitative estimate of drug-likeness (QED) is 0.843. The zero-order valence-corrected chi connectivity index (χ0v) is 10.1. The van der Waals surface area contributed by atoms with Crippen molar-refractivity contribution in [1.29, 1.82) is 0 Å². The van der Waals surface area contributed by atoms with Crippen molar-refractivity contribution < 1.29 is 0 Å². The van der Waals surface area contributed by atoms with Crippen molar-refractivity contribution in [3.8, 4) is 0 Å². The van der Waals surface area contributed by atoms with Crippen LogP contribution in [0.2, 0.25) is 0 Å². The van der Waals surface area contributed by atoms with Gasteiger partial charge in [-0.05, 0) is 32.1 Å². The predicted octanol–water partition coefficient (Wildman–Crippen LogP) is 1.21. The highest BCUT2D eigenvalue weighted by molar-refractivity contribution is 5.48. The second-order valence-corrected chi connectivity index (χ2v) is 4.85. The van der Waals surface area contributed by atoms with Crippen molar-refractivity contribution in [1.82, 2.24) is 14.3 Å². The summed E-state index contributed by atoms with van der Waals surface area (Å²) >= 11 is 0. The van der Waals surface area contributed by atoms with Crippen LogP contribution in [0.1, 0.15) is 23.9 Å². The molecule has 3 heterocycles. The number of imidazole rings is 1. The highest BCUT2D eigenvalue weighted by Crippen LogP contribution is 2.26. The Hall–Kier alpha value is -1.39. The molecule has 1 aliphatic rings. The maximum absolute atomic E-state index is 5.81. The Labute approximate surface area is 101 Å². The van der Waals surface area contributed by atoms with Gasteiger partial charge in [-0.2, -0.15) is 0 Å². The largest absolute Gasteiger partial charge is 0.325 e. The molecule has 1 aliphatic heterocycles. The predicted molar refractivity (Wildman–Crippen MR) is 67.9 cm³/mol. The molecule has 2 aromatic heterocycles. The highest BCUT2D eigenvalue weighted by atomic mass is 15.1. The Bertz CT molecular complexity index is 531. The average Bonchev–Trinajstić information content (AvgIpc) is 2.94. The van der Waals surface area contributed by atoms with Crippen molar-refractivity contribution in [2.75, 3.05) is 20.1 Å². The molecular weight excluding hydrogens is 212 g/mol. The molecule has 0 saturated carbocycles. The van der Waals surface area contributed by atoms with Crippen LogP contribution >= 0.6 is 0 Å². The molecule has 0 radical (unpaired) electrons. The topological polar surface area (TPSA) is 46.6 Å². The Balaban J connectivity index is 2.10. The maximum atomic E-state index is 5.81. The SMILES string of the molecule is CN1CCC(c2ncc3cccc(CN)n23)C1. The molecule has 2 N–H and O–H groups in total. The maximum Gasteiger partial charge on any atom is 0.117 e. The normalized spacial score (nSPS) is 21.4. The van der Waals surface area contributed by atoms with Gasteiger partial charge in [0.2, 0.25) is 0 Å². The van der Waals surface area contributed by atoms with E-state index in [0.29, 0.717) is 12.5 Å². The fourth-order valence-electron chi connectivity index (χ4n) is 2.74. The summed E-state index contributed by atoms with van der Waals surface area (Å²) in [5.74, 6) is 1.71. The van der Waals surface area contributed by atoms with Gasteiger partial charge in [-0.1, -0.05) is 6.07 Å². The first-order valence-corrected chi connectivity index (χ1v) is 6.13. The molecule has 1 saturated heterocycles. The molecule has 4 heteroatoms. The van der Waals surface area contributed by atoms with Crippen LogP contribution in [0.15, 0.2) is 24.4 Å². The third-order valence-corrected chi connectivity index (χ3v) is 3.62. The lowest BCUT2D eigenvalue weighted by molar-refractivity contribution is 0.409. The summed E-state index contributed by atoms with van der Waals surface area (Å²) in [7, 11) is 2.17. The summed E-state index contributed by atoms with van der Waals surface area (Å²) in [6.07, 6.45) is 3.14. The van der Waals surface area contributed by atoms with Gasteiger partial charge in [0.25, 0.3) is 0 Å². The van der Waals surface area contributed by atoms with Crippen LogP contribution in [0.3, 0.4) is 0 Å². The molecule has 4 nitrogen and oxygen atoms in total. The van der Waals surface area contributed by atoms with Crippen LogP contribution in [0.25, 0.3) is 5.52 Å². The molecule has 3 rings (SSSR count). The number of fused-ring (bicyclic) bond motifs is 1. The molecule has 1 atom stereocenters. The Kier molecular flexibility index (Phi) is 2.61. The monoisotopic (exact) mass is 230 g/mol. The minimum absolute atomic E-state index is 0.537. The number of likely N-dealkylation sites (tertiary alicyclic amines) is 1. The van der Waals surface area contributed by atoms with Crippen molar-refractivity contribution in [2.45, 2.75) is 18.9 Å². The molecule has 1 unspecified atom stereocenters. The first-order chi connectivity index (χ1) is 8.29. The van der Waals surface area contributed by atoms with Gasteiger partial charge in [-0.25, -0.2) is 4.98 Å². The van der Waals surface area contributed by atoms with E-state index in [0.717, 1.165) is 24.3 Å². The summed E-state index contributed by atoms with van der Waals surface area (Å²) in [4.78, 5) is 6.96. The zero-order valence-electron chi connectivity index (χ0n) is 10.1. The van der Waals surface area contributed by atoms with Gasteiger partial charge < -0.3 is 10.6 Å². The molecule has 90 valence electrons. The lowest BCUT2D eigenvalue weighted by Gasteiger charge is -2.12. The van der Waals surface area contributed by atoms with Gasteiger partial charge in [0.15, 0.2) is 0 Å². The van der Waals surface area contributed by atoms with Gasteiger partial charge in [-0.3, -0.25) is 4.40 Å². The highest BCUT2D eigenvalue weighted by Gasteiger charge is 2.25. The lowest BCUT2D eigenvalue weighted by Crippen LogP contribution is -2.15. The van der Waals surface area contributed by atoms with Gasteiger partial charge in [0, 0.05) is 24.7 Å². The summed E-state index contributed by atoms with van der Waals surface area (Å²) in [6.45, 7) is 2.81. The Morgan fingerprint density at radius 3 is 3.06 bits per heavy atom. The number of pyridine rings is 1. The standard InChI is InChI=1S/C13H18N4/c1-16-6-5-10(9-16)13-15-8-12-4-2-3-11(7-14)17(12)13/h2-4,8,10H,5-7,9,14H2,1H3. The first kappa shape index (κ1) is 10.7. The third-order valence-electron chi connectivity index (χ3n) is 3.62.